The summed E-state index contributed by atoms with van der Waals surface area (Å²) in [6.07, 6.45) is 3.05. The molecule has 0 amide bonds. The van der Waals surface area contributed by atoms with Gasteiger partial charge in [-0.2, -0.15) is 0 Å². The molecule has 1 heterocycles. The number of piperidine rings is 1. The molecule has 17 heavy (non-hydrogen) atoms. The van der Waals surface area contributed by atoms with E-state index in [-0.39, 0.29) is 0 Å². The fraction of sp³-hybridized carbons (Fsp3) is 0.357. The van der Waals surface area contributed by atoms with Crippen LogP contribution in [0.3, 0.4) is 0 Å². The number of carbonyl (C=O) groups is 1. The van der Waals surface area contributed by atoms with Crippen molar-refractivity contribution in [1.29, 1.82) is 0 Å². The van der Waals surface area contributed by atoms with Crippen molar-refractivity contribution in [2.24, 2.45) is 0 Å². The predicted octanol–water partition coefficient (Wildman–Crippen LogP) is 2.61. The molecule has 0 radical (unpaired) electrons. The fourth-order valence-electron chi connectivity index (χ4n) is 2.13. The Balaban J connectivity index is 1.99. The van der Waals surface area contributed by atoms with Gasteiger partial charge in [0.05, 0.1) is 0 Å². The molecular weight excluding hydrogens is 214 g/mol. The maximum Gasteiger partial charge on any atom is 0.328 e. The molecule has 1 aliphatic rings. The number of aliphatic carboxylic acids is 1. The van der Waals surface area contributed by atoms with Crippen LogP contribution in [-0.4, -0.2) is 24.2 Å². The van der Waals surface area contributed by atoms with E-state index in [0.29, 0.717) is 0 Å². The molecule has 3 heteroatoms. The summed E-state index contributed by atoms with van der Waals surface area (Å²) >= 11 is 0. The van der Waals surface area contributed by atoms with Gasteiger partial charge in [0, 0.05) is 24.9 Å². The van der Waals surface area contributed by atoms with Gasteiger partial charge in [0.2, 0.25) is 0 Å². The molecule has 0 aromatic heterocycles. The summed E-state index contributed by atoms with van der Waals surface area (Å²) in [5, 5.41) is 8.69. The summed E-state index contributed by atoms with van der Waals surface area (Å²) in [6.45, 7) is 3.89. The third-order valence-electron chi connectivity index (χ3n) is 3.13. The lowest BCUT2D eigenvalue weighted by molar-refractivity contribution is -0.131. The first kappa shape index (κ1) is 11.7. The Morgan fingerprint density at radius 2 is 1.82 bits per heavy atom. The molecule has 1 saturated heterocycles. The summed E-state index contributed by atoms with van der Waals surface area (Å²) in [6, 6.07) is 8.47. The number of anilines is 1. The Bertz CT molecular complexity index is 424. The van der Waals surface area contributed by atoms with Gasteiger partial charge in [0.1, 0.15) is 0 Å². The van der Waals surface area contributed by atoms with Crippen molar-refractivity contribution in [1.82, 2.24) is 0 Å². The molecule has 1 aromatic carbocycles. The lowest BCUT2D eigenvalue weighted by Crippen LogP contribution is -2.30. The van der Waals surface area contributed by atoms with Crippen LogP contribution in [0.25, 0.3) is 0 Å². The second-order valence-corrected chi connectivity index (χ2v) is 4.46. The van der Waals surface area contributed by atoms with Gasteiger partial charge < -0.3 is 10.0 Å². The van der Waals surface area contributed by atoms with E-state index in [0.717, 1.165) is 31.5 Å². The summed E-state index contributed by atoms with van der Waals surface area (Å²) in [7, 11) is 0. The van der Waals surface area contributed by atoms with Crippen LogP contribution in [0, 0.1) is 6.92 Å². The molecule has 0 bridgehead atoms. The van der Waals surface area contributed by atoms with Crippen molar-refractivity contribution in [3.63, 3.8) is 0 Å². The lowest BCUT2D eigenvalue weighted by Gasteiger charge is -2.30. The zero-order chi connectivity index (χ0) is 12.3. The van der Waals surface area contributed by atoms with Crippen molar-refractivity contribution >= 4 is 11.7 Å². The van der Waals surface area contributed by atoms with Gasteiger partial charge in [0.15, 0.2) is 0 Å². The Labute approximate surface area is 101 Å². The van der Waals surface area contributed by atoms with E-state index in [9.17, 15) is 4.79 Å². The molecule has 0 atom stereocenters. The zero-order valence-electron chi connectivity index (χ0n) is 10.0. The minimum absolute atomic E-state index is 0.830. The molecule has 1 fully saturated rings. The van der Waals surface area contributed by atoms with E-state index >= 15 is 0 Å². The highest BCUT2D eigenvalue weighted by atomic mass is 16.4. The minimum atomic E-state index is -0.830. The van der Waals surface area contributed by atoms with E-state index in [1.54, 1.807) is 0 Å². The zero-order valence-corrected chi connectivity index (χ0v) is 10.0. The Kier molecular flexibility index (Phi) is 3.47. The second-order valence-electron chi connectivity index (χ2n) is 4.46. The average Bonchev–Trinajstić information content (AvgIpc) is 2.30. The van der Waals surface area contributed by atoms with Gasteiger partial charge in [-0.25, -0.2) is 4.79 Å². The normalized spacial score (nSPS) is 15.8. The van der Waals surface area contributed by atoms with Crippen LogP contribution in [0.2, 0.25) is 0 Å². The van der Waals surface area contributed by atoms with Crippen molar-refractivity contribution in [3.05, 3.63) is 41.5 Å². The van der Waals surface area contributed by atoms with Crippen molar-refractivity contribution in [3.8, 4) is 0 Å². The predicted molar refractivity (Wildman–Crippen MR) is 68.3 cm³/mol. The standard InChI is InChI=1S/C14H17NO2/c1-11-2-4-13(5-3-11)15-8-6-12(7-9-15)10-14(16)17/h2-5,10H,6-9H2,1H3,(H,16,17). The maximum absolute atomic E-state index is 10.6. The smallest absolute Gasteiger partial charge is 0.328 e. The van der Waals surface area contributed by atoms with Crippen LogP contribution in [0.15, 0.2) is 35.9 Å². The first-order valence-corrected chi connectivity index (χ1v) is 5.89. The number of benzene rings is 1. The number of carboxylic acid groups (broad SMARTS) is 1. The Morgan fingerprint density at radius 3 is 2.35 bits per heavy atom. The molecule has 0 saturated carbocycles. The van der Waals surface area contributed by atoms with Crippen molar-refractivity contribution in [2.75, 3.05) is 18.0 Å². The van der Waals surface area contributed by atoms with Gasteiger partial charge in [0.25, 0.3) is 0 Å². The van der Waals surface area contributed by atoms with Gasteiger partial charge in [-0.3, -0.25) is 0 Å². The van der Waals surface area contributed by atoms with E-state index in [1.165, 1.54) is 17.3 Å². The number of hydrogen-bond donors (Lipinski definition) is 1. The van der Waals surface area contributed by atoms with Crippen LogP contribution >= 0.6 is 0 Å². The fourth-order valence-corrected chi connectivity index (χ4v) is 2.13. The van der Waals surface area contributed by atoms with Gasteiger partial charge in [-0.1, -0.05) is 23.3 Å². The molecule has 3 nitrogen and oxygen atoms in total. The summed E-state index contributed by atoms with van der Waals surface area (Å²) in [5.74, 6) is -0.830. The molecule has 0 aliphatic carbocycles. The molecule has 0 unspecified atom stereocenters. The summed E-state index contributed by atoms with van der Waals surface area (Å²) in [4.78, 5) is 12.9. The molecule has 90 valence electrons. The molecule has 1 aromatic rings. The maximum atomic E-state index is 10.6. The van der Waals surface area contributed by atoms with Gasteiger partial charge in [-0.15, -0.1) is 0 Å². The van der Waals surface area contributed by atoms with Crippen LogP contribution in [-0.2, 0) is 4.79 Å². The van der Waals surface area contributed by atoms with E-state index in [1.807, 2.05) is 0 Å². The lowest BCUT2D eigenvalue weighted by atomic mass is 10.0. The molecule has 2 rings (SSSR count). The third-order valence-corrected chi connectivity index (χ3v) is 3.13. The van der Waals surface area contributed by atoms with E-state index in [2.05, 4.69) is 36.1 Å². The molecule has 1 N–H and O–H groups in total. The van der Waals surface area contributed by atoms with Gasteiger partial charge >= 0.3 is 5.97 Å². The Hall–Kier alpha value is -1.77. The van der Waals surface area contributed by atoms with Crippen LogP contribution in [0.5, 0.6) is 0 Å². The third kappa shape index (κ3) is 3.09. The minimum Gasteiger partial charge on any atom is -0.478 e. The molecule has 1 aliphatic heterocycles. The highest BCUT2D eigenvalue weighted by molar-refractivity contribution is 5.80. The average molecular weight is 231 g/mol. The summed E-state index contributed by atoms with van der Waals surface area (Å²) < 4.78 is 0. The van der Waals surface area contributed by atoms with Crippen LogP contribution < -0.4 is 4.90 Å². The quantitative estimate of drug-likeness (QED) is 0.795. The van der Waals surface area contributed by atoms with Crippen molar-refractivity contribution in [2.45, 2.75) is 19.8 Å². The van der Waals surface area contributed by atoms with Gasteiger partial charge in [-0.05, 0) is 31.9 Å². The monoisotopic (exact) mass is 231 g/mol. The number of carboxylic acids is 1. The van der Waals surface area contributed by atoms with Crippen LogP contribution in [0.4, 0.5) is 5.69 Å². The number of rotatable bonds is 2. The van der Waals surface area contributed by atoms with E-state index in [4.69, 9.17) is 5.11 Å². The first-order chi connectivity index (χ1) is 8.15. The molecule has 0 spiro atoms. The van der Waals surface area contributed by atoms with Crippen LogP contribution in [0.1, 0.15) is 18.4 Å². The number of nitrogens with zero attached hydrogens (tertiary/aromatic N) is 1. The Morgan fingerprint density at radius 1 is 1.24 bits per heavy atom. The number of hydrogen-bond acceptors (Lipinski definition) is 2. The molecular formula is C14H17NO2. The topological polar surface area (TPSA) is 40.5 Å². The highest BCUT2D eigenvalue weighted by Gasteiger charge is 2.14. The summed E-state index contributed by atoms with van der Waals surface area (Å²) in [5.41, 5.74) is 3.53. The SMILES string of the molecule is Cc1ccc(N2CCC(=CC(=O)O)CC2)cc1. The second kappa shape index (κ2) is 5.04. The highest BCUT2D eigenvalue weighted by Crippen LogP contribution is 2.22. The van der Waals surface area contributed by atoms with E-state index < -0.39 is 5.97 Å². The van der Waals surface area contributed by atoms with Crippen molar-refractivity contribution < 1.29 is 9.90 Å². The first-order valence-electron chi connectivity index (χ1n) is 5.89. The largest absolute Gasteiger partial charge is 0.478 e. The number of aryl methyl sites for hydroxylation is 1.